The van der Waals surface area contributed by atoms with E-state index in [1.165, 1.54) is 0 Å². The number of carbonyl (C=O) groups is 2. The van der Waals surface area contributed by atoms with Crippen LogP contribution >= 0.6 is 0 Å². The van der Waals surface area contributed by atoms with E-state index in [0.29, 0.717) is 17.7 Å². The Morgan fingerprint density at radius 2 is 1.12 bits per heavy atom. The lowest BCUT2D eigenvalue weighted by molar-refractivity contribution is -0.129. The summed E-state index contributed by atoms with van der Waals surface area (Å²) in [5.41, 5.74) is 5.88. The van der Waals surface area contributed by atoms with Gasteiger partial charge in [0.15, 0.2) is 0 Å². The first-order valence-corrected chi connectivity index (χ1v) is 12.2. The van der Waals surface area contributed by atoms with Gasteiger partial charge in [0.2, 0.25) is 0 Å². The van der Waals surface area contributed by atoms with Crippen LogP contribution in [0.2, 0.25) is 0 Å². The van der Waals surface area contributed by atoms with Gasteiger partial charge in [0.05, 0.1) is 12.2 Å². The van der Waals surface area contributed by atoms with E-state index in [1.807, 2.05) is 79.7 Å². The number of hydrogen-bond donors (Lipinski definition) is 2. The molecular weight excluding hydrogens is 428 g/mol. The summed E-state index contributed by atoms with van der Waals surface area (Å²) in [4.78, 5) is 24.8. The Hall–Kier alpha value is -2.50. The van der Waals surface area contributed by atoms with Gasteiger partial charge in [0.1, 0.15) is 5.75 Å². The zero-order chi connectivity index (χ0) is 26.0. The molecule has 2 rings (SSSR count). The van der Waals surface area contributed by atoms with E-state index in [0.717, 1.165) is 59.1 Å². The zero-order valence-electron chi connectivity index (χ0n) is 22.1. The van der Waals surface area contributed by atoms with E-state index in [9.17, 15) is 19.8 Å². The van der Waals surface area contributed by atoms with E-state index in [1.54, 1.807) is 0 Å². The maximum absolute atomic E-state index is 12.5. The predicted octanol–water partition coefficient (Wildman–Crippen LogP) is 6.02. The molecular formula is C29H42O5. The number of benzene rings is 2. The average Bonchev–Trinajstić information content (AvgIpc) is 2.70. The number of aliphatic hydroxyl groups excluding tert-OH is 2. The SMILES string of the molecule is CCCC(O)CC(O)CCC.Cc1cc(C)c(OC(=O)C(=O)c2c(C)cc(C)cc2C)c(C)c1. The van der Waals surface area contributed by atoms with Crippen LogP contribution in [-0.2, 0) is 4.79 Å². The van der Waals surface area contributed by atoms with Gasteiger partial charge in [0, 0.05) is 5.56 Å². The van der Waals surface area contributed by atoms with Crippen LogP contribution in [0.15, 0.2) is 24.3 Å². The number of aliphatic hydroxyl groups is 2. The third-order valence-corrected chi connectivity index (χ3v) is 5.68. The smallest absolute Gasteiger partial charge is 0.385 e. The van der Waals surface area contributed by atoms with Crippen molar-refractivity contribution in [1.82, 2.24) is 0 Å². The molecule has 34 heavy (non-hydrogen) atoms. The van der Waals surface area contributed by atoms with Crippen molar-refractivity contribution < 1.29 is 24.5 Å². The number of hydrogen-bond acceptors (Lipinski definition) is 5. The normalized spacial score (nSPS) is 12.4. The third kappa shape index (κ3) is 9.03. The maximum atomic E-state index is 12.5. The lowest BCUT2D eigenvalue weighted by atomic mass is 9.96. The van der Waals surface area contributed by atoms with Crippen molar-refractivity contribution >= 4 is 11.8 Å². The molecule has 0 saturated heterocycles. The first-order chi connectivity index (χ1) is 15.9. The van der Waals surface area contributed by atoms with Gasteiger partial charge >= 0.3 is 5.97 Å². The number of ketones is 1. The second kappa shape index (κ2) is 14.0. The Balaban J connectivity index is 0.000000445. The van der Waals surface area contributed by atoms with Crippen molar-refractivity contribution in [2.24, 2.45) is 0 Å². The number of ether oxygens (including phenoxy) is 1. The molecule has 0 aliphatic rings. The van der Waals surface area contributed by atoms with Crippen LogP contribution in [0.3, 0.4) is 0 Å². The monoisotopic (exact) mass is 470 g/mol. The van der Waals surface area contributed by atoms with E-state index < -0.39 is 11.8 Å². The Morgan fingerprint density at radius 3 is 1.50 bits per heavy atom. The van der Waals surface area contributed by atoms with Gasteiger partial charge in [0.25, 0.3) is 5.78 Å². The van der Waals surface area contributed by atoms with Crippen molar-refractivity contribution in [3.05, 3.63) is 63.2 Å². The predicted molar refractivity (Wildman–Crippen MR) is 138 cm³/mol. The molecule has 2 atom stereocenters. The van der Waals surface area contributed by atoms with Crippen molar-refractivity contribution in [2.75, 3.05) is 0 Å². The Kier molecular flexibility index (Phi) is 12.2. The fraction of sp³-hybridized carbons (Fsp3) is 0.517. The molecule has 2 N–H and O–H groups in total. The van der Waals surface area contributed by atoms with E-state index in [2.05, 4.69) is 0 Å². The molecule has 188 valence electrons. The second-order valence-electron chi connectivity index (χ2n) is 9.34. The van der Waals surface area contributed by atoms with Gasteiger partial charge in [-0.1, -0.05) is 62.1 Å². The summed E-state index contributed by atoms with van der Waals surface area (Å²) >= 11 is 0. The van der Waals surface area contributed by atoms with Crippen molar-refractivity contribution in [2.45, 2.75) is 99.7 Å². The summed E-state index contributed by atoms with van der Waals surface area (Å²) in [6.45, 7) is 15.4. The fourth-order valence-electron chi connectivity index (χ4n) is 4.32. The summed E-state index contributed by atoms with van der Waals surface area (Å²) < 4.78 is 5.40. The van der Waals surface area contributed by atoms with Gasteiger partial charge in [-0.3, -0.25) is 4.79 Å². The highest BCUT2D eigenvalue weighted by molar-refractivity contribution is 6.41. The lowest BCUT2D eigenvalue weighted by Crippen LogP contribution is -2.23. The highest BCUT2D eigenvalue weighted by atomic mass is 16.5. The van der Waals surface area contributed by atoms with E-state index >= 15 is 0 Å². The third-order valence-electron chi connectivity index (χ3n) is 5.68. The molecule has 0 heterocycles. The van der Waals surface area contributed by atoms with E-state index in [-0.39, 0.29) is 12.2 Å². The molecule has 0 fully saturated rings. The van der Waals surface area contributed by atoms with Gasteiger partial charge in [-0.15, -0.1) is 0 Å². The second-order valence-corrected chi connectivity index (χ2v) is 9.34. The van der Waals surface area contributed by atoms with Crippen LogP contribution in [-0.4, -0.2) is 34.2 Å². The Morgan fingerprint density at radius 1 is 0.735 bits per heavy atom. The minimum absolute atomic E-state index is 0.304. The largest absolute Gasteiger partial charge is 0.420 e. The molecule has 2 unspecified atom stereocenters. The summed E-state index contributed by atoms with van der Waals surface area (Å²) in [6, 6.07) is 7.66. The number of esters is 1. The summed E-state index contributed by atoms with van der Waals surface area (Å²) in [6.07, 6.45) is 3.52. The number of Topliss-reactive ketones (excluding diaryl/α,β-unsaturated/α-hetero) is 1. The van der Waals surface area contributed by atoms with Gasteiger partial charge in [-0.2, -0.15) is 0 Å². The molecule has 2 aromatic carbocycles. The molecule has 5 heteroatoms. The van der Waals surface area contributed by atoms with Crippen LogP contribution in [0.4, 0.5) is 0 Å². The van der Waals surface area contributed by atoms with Crippen LogP contribution in [0.1, 0.15) is 89.7 Å². The number of aryl methyl sites for hydroxylation is 6. The first-order valence-electron chi connectivity index (χ1n) is 12.2. The number of rotatable bonds is 9. The van der Waals surface area contributed by atoms with Gasteiger partial charge in [-0.25, -0.2) is 4.79 Å². The molecule has 2 aromatic rings. The van der Waals surface area contributed by atoms with Gasteiger partial charge in [-0.05, 0) is 83.1 Å². The minimum atomic E-state index is -0.838. The molecule has 0 aliphatic heterocycles. The summed E-state index contributed by atoms with van der Waals surface area (Å²) in [5.74, 6) is -0.967. The molecule has 0 amide bonds. The van der Waals surface area contributed by atoms with Gasteiger partial charge < -0.3 is 14.9 Å². The van der Waals surface area contributed by atoms with Crippen LogP contribution in [0, 0.1) is 41.5 Å². The Labute approximate surface area is 205 Å². The van der Waals surface area contributed by atoms with E-state index in [4.69, 9.17) is 4.74 Å². The highest BCUT2D eigenvalue weighted by Crippen LogP contribution is 2.26. The topological polar surface area (TPSA) is 83.8 Å². The molecule has 0 bridgehead atoms. The van der Waals surface area contributed by atoms with Crippen molar-refractivity contribution in [3.8, 4) is 5.75 Å². The molecule has 5 nitrogen and oxygen atoms in total. The standard InChI is InChI=1S/C20H22O3.C9H20O2/c1-11-7-13(3)17(14(4)8-11)18(21)20(22)23-19-15(5)9-12(2)10-16(19)6;1-3-5-8(10)7-9(11)6-4-2/h7-10H,1-6H3;8-11H,3-7H2,1-2H3. The van der Waals surface area contributed by atoms with Crippen LogP contribution in [0.5, 0.6) is 5.75 Å². The molecule has 0 radical (unpaired) electrons. The van der Waals surface area contributed by atoms with Crippen LogP contribution < -0.4 is 4.74 Å². The van der Waals surface area contributed by atoms with Crippen molar-refractivity contribution in [1.29, 1.82) is 0 Å². The van der Waals surface area contributed by atoms with Crippen LogP contribution in [0.25, 0.3) is 0 Å². The quantitative estimate of drug-likeness (QED) is 0.202. The molecule has 0 aliphatic carbocycles. The molecule has 0 aromatic heterocycles. The first kappa shape index (κ1) is 29.5. The van der Waals surface area contributed by atoms with Crippen molar-refractivity contribution in [3.63, 3.8) is 0 Å². The zero-order valence-corrected chi connectivity index (χ0v) is 22.1. The highest BCUT2D eigenvalue weighted by Gasteiger charge is 2.24. The molecule has 0 spiro atoms. The Bertz CT molecular complexity index is 920. The fourth-order valence-corrected chi connectivity index (χ4v) is 4.32. The minimum Gasteiger partial charge on any atom is -0.420 e. The summed E-state index contributed by atoms with van der Waals surface area (Å²) in [7, 11) is 0. The summed E-state index contributed by atoms with van der Waals surface area (Å²) in [5, 5.41) is 18.6. The lowest BCUT2D eigenvalue weighted by Gasteiger charge is -2.13. The average molecular weight is 471 g/mol. The maximum Gasteiger partial charge on any atom is 0.385 e. The number of carbonyl (C=O) groups excluding carboxylic acids is 2. The molecule has 0 saturated carbocycles.